The maximum atomic E-state index is 11.3. The molecule has 39 heavy (non-hydrogen) atoms. The van der Waals surface area contributed by atoms with Crippen LogP contribution in [0, 0.1) is 0 Å². The molecule has 1 aromatic heterocycles. The highest BCUT2D eigenvalue weighted by Crippen LogP contribution is 2.40. The molecule has 2 aliphatic rings. The van der Waals surface area contributed by atoms with Crippen LogP contribution in [0.25, 0.3) is 0 Å². The van der Waals surface area contributed by atoms with Crippen molar-refractivity contribution in [2.45, 2.75) is 5.60 Å². The first kappa shape index (κ1) is 30.0. The van der Waals surface area contributed by atoms with Crippen molar-refractivity contribution in [3.05, 3.63) is 48.2 Å². The Morgan fingerprint density at radius 1 is 1.23 bits per heavy atom. The predicted molar refractivity (Wildman–Crippen MR) is 140 cm³/mol. The van der Waals surface area contributed by atoms with Gasteiger partial charge >= 0.3 is 11.1 Å². The van der Waals surface area contributed by atoms with E-state index in [1.165, 1.54) is 29.6 Å². The molecule has 0 radical (unpaired) electrons. The lowest BCUT2D eigenvalue weighted by Gasteiger charge is -2.22. The molecular formula is C22H26N6O9S2. The molecule has 0 spiro atoms. The number of aliphatic hydroxyl groups is 3. The quantitative estimate of drug-likeness (QED) is 0.119. The number of rotatable bonds is 9. The van der Waals surface area contributed by atoms with Gasteiger partial charge in [0, 0.05) is 30.0 Å². The molecule has 1 atom stereocenters. The summed E-state index contributed by atoms with van der Waals surface area (Å²) in [7, 11) is -1.82. The Kier molecular flexibility index (Phi) is 9.62. The van der Waals surface area contributed by atoms with E-state index in [-0.39, 0.29) is 13.2 Å². The molecule has 17 heteroatoms. The summed E-state index contributed by atoms with van der Waals surface area (Å²) in [5.41, 5.74) is 0.316. The van der Waals surface area contributed by atoms with Crippen molar-refractivity contribution in [2.75, 3.05) is 43.6 Å². The van der Waals surface area contributed by atoms with Gasteiger partial charge in [-0.3, -0.25) is 9.50 Å². The Labute approximate surface area is 227 Å². The Bertz CT molecular complexity index is 1430. The number of hydrogen-bond acceptors (Lipinski definition) is 14. The van der Waals surface area contributed by atoms with Gasteiger partial charge in [0.1, 0.15) is 17.1 Å². The Balaban J connectivity index is 0.000000631. The number of carboxylic acid groups (broad SMARTS) is 1. The number of carbonyl (C=O) groups is 1. The Morgan fingerprint density at radius 3 is 2.38 bits per heavy atom. The summed E-state index contributed by atoms with van der Waals surface area (Å²) >= 11 is 1.31. The SMILES string of the molecule is COS(=O)(=O)[O-].C[n+]1c(/N=N/c2ccc(N(CCO)CCO)cc2)sc2c1NC1=CC(O)(C(=O)O)C=CC1=N2. The molecule has 0 amide bonds. The summed E-state index contributed by atoms with van der Waals surface area (Å²) in [6.45, 7) is 0.815. The molecule has 1 unspecified atom stereocenters. The fourth-order valence-electron chi connectivity index (χ4n) is 3.39. The summed E-state index contributed by atoms with van der Waals surface area (Å²) in [5.74, 6) is -0.755. The smallest absolute Gasteiger partial charge is 0.347 e. The number of nitrogens with zero attached hydrogens (tertiary/aromatic N) is 5. The van der Waals surface area contributed by atoms with E-state index in [9.17, 15) is 38.2 Å². The van der Waals surface area contributed by atoms with Crippen molar-refractivity contribution in [2.24, 2.45) is 22.3 Å². The lowest BCUT2D eigenvalue weighted by molar-refractivity contribution is -0.639. The number of hydrogen-bond donors (Lipinski definition) is 5. The first-order valence-corrected chi connectivity index (χ1v) is 13.3. The van der Waals surface area contributed by atoms with E-state index in [1.807, 2.05) is 17.0 Å². The van der Waals surface area contributed by atoms with E-state index in [2.05, 4.69) is 24.7 Å². The molecule has 15 nitrogen and oxygen atoms in total. The third kappa shape index (κ3) is 7.51. The van der Waals surface area contributed by atoms with Crippen molar-refractivity contribution in [1.82, 2.24) is 0 Å². The fourth-order valence-corrected chi connectivity index (χ4v) is 4.30. The molecule has 0 fully saturated rings. The summed E-state index contributed by atoms with van der Waals surface area (Å²) < 4.78 is 32.8. The van der Waals surface area contributed by atoms with E-state index in [1.54, 1.807) is 23.7 Å². The number of azo groups is 1. The predicted octanol–water partition coefficient (Wildman–Crippen LogP) is 0.639. The number of aliphatic imine (C=N–C) groups is 1. The highest BCUT2D eigenvalue weighted by atomic mass is 32.3. The number of aliphatic hydroxyl groups excluding tert-OH is 2. The van der Waals surface area contributed by atoms with Crippen LogP contribution in [0.3, 0.4) is 0 Å². The second-order valence-electron chi connectivity index (χ2n) is 7.97. The average Bonchev–Trinajstić information content (AvgIpc) is 3.20. The molecular weight excluding hydrogens is 556 g/mol. The van der Waals surface area contributed by atoms with Crippen LogP contribution in [0.5, 0.6) is 0 Å². The highest BCUT2D eigenvalue weighted by molar-refractivity contribution is 7.80. The van der Waals surface area contributed by atoms with Crippen molar-refractivity contribution in [3.63, 3.8) is 0 Å². The minimum absolute atomic E-state index is 0.0124. The molecule has 5 N–H and O–H groups in total. The number of aliphatic carboxylic acids is 1. The van der Waals surface area contributed by atoms with Gasteiger partial charge in [0.2, 0.25) is 16.0 Å². The van der Waals surface area contributed by atoms with E-state index in [4.69, 9.17) is 0 Å². The number of fused-ring (bicyclic) bond motifs is 2. The van der Waals surface area contributed by atoms with Crippen LogP contribution in [-0.2, 0) is 26.4 Å². The monoisotopic (exact) mass is 582 g/mol. The highest BCUT2D eigenvalue weighted by Gasteiger charge is 2.38. The Morgan fingerprint density at radius 2 is 1.85 bits per heavy atom. The first-order valence-electron chi connectivity index (χ1n) is 11.2. The van der Waals surface area contributed by atoms with E-state index < -0.39 is 22.0 Å². The van der Waals surface area contributed by atoms with Crippen molar-refractivity contribution in [3.8, 4) is 0 Å². The molecule has 1 aliphatic heterocycles. The van der Waals surface area contributed by atoms with Crippen molar-refractivity contribution in [1.29, 1.82) is 0 Å². The number of allylic oxidation sites excluding steroid dienone is 1. The van der Waals surface area contributed by atoms with Gasteiger partial charge in [-0.2, -0.15) is 0 Å². The standard InChI is InChI=1S/C21H22N6O5S.CH4O4S/c1-26-17-18(23-15-6-7-21(32,19(30)31)12-16(15)22-17)33-20(26)25-24-13-2-4-14(5-3-13)27(8-10-28)9-11-29;1-5-6(2,3)4/h2-7,12,22,28-29,32H,8-11H2,1H3;1H3,(H,2,3,4). The topological polar surface area (TPSA) is 221 Å². The second-order valence-corrected chi connectivity index (χ2v) is 10.1. The average molecular weight is 583 g/mol. The van der Waals surface area contributed by atoms with Crippen molar-refractivity contribution >= 4 is 60.7 Å². The van der Waals surface area contributed by atoms with Crippen LogP contribution in [-0.4, -0.2) is 84.1 Å². The zero-order chi connectivity index (χ0) is 28.8. The largest absolute Gasteiger partial charge is 0.726 e. The zero-order valence-electron chi connectivity index (χ0n) is 20.8. The van der Waals surface area contributed by atoms with Gasteiger partial charge < -0.3 is 29.9 Å². The zero-order valence-corrected chi connectivity index (χ0v) is 22.4. The lowest BCUT2D eigenvalue weighted by atomic mass is 9.94. The summed E-state index contributed by atoms with van der Waals surface area (Å²) in [6, 6.07) is 7.28. The normalized spacial score (nSPS) is 17.8. The third-order valence-corrected chi connectivity index (χ3v) is 6.80. The Hall–Kier alpha value is -3.58. The molecule has 4 rings (SSSR count). The maximum Gasteiger partial charge on any atom is 0.347 e. The van der Waals surface area contributed by atoms with Crippen LogP contribution in [0.15, 0.2) is 63.4 Å². The number of benzene rings is 1. The third-order valence-electron chi connectivity index (χ3n) is 5.38. The van der Waals surface area contributed by atoms with Gasteiger partial charge in [-0.05, 0) is 47.8 Å². The van der Waals surface area contributed by atoms with Gasteiger partial charge in [0.25, 0.3) is 5.82 Å². The van der Waals surface area contributed by atoms with Gasteiger partial charge in [-0.1, -0.05) is 5.11 Å². The minimum atomic E-state index is -4.41. The van der Waals surface area contributed by atoms with E-state index in [0.717, 1.165) is 12.8 Å². The van der Waals surface area contributed by atoms with Crippen LogP contribution >= 0.6 is 11.3 Å². The van der Waals surface area contributed by atoms with Crippen LogP contribution in [0.4, 0.5) is 27.3 Å². The molecule has 2 heterocycles. The summed E-state index contributed by atoms with van der Waals surface area (Å²) in [5, 5.41) is 50.8. The molecule has 2 aromatic rings. The lowest BCUT2D eigenvalue weighted by Crippen LogP contribution is -2.39. The summed E-state index contributed by atoms with van der Waals surface area (Å²) in [6.07, 6.45) is 3.87. The molecule has 210 valence electrons. The second kappa shape index (κ2) is 12.5. The first-order chi connectivity index (χ1) is 18.4. The van der Waals surface area contributed by atoms with Gasteiger partial charge in [-0.25, -0.2) is 22.8 Å². The number of thiazole rings is 1. The molecule has 1 aromatic carbocycles. The van der Waals surface area contributed by atoms with Crippen LogP contribution in [0.2, 0.25) is 0 Å². The fraction of sp³-hybridized carbons (Fsp3) is 0.318. The molecule has 0 saturated heterocycles. The maximum absolute atomic E-state index is 11.3. The molecule has 0 bridgehead atoms. The molecule has 1 aliphatic carbocycles. The van der Waals surface area contributed by atoms with E-state index >= 15 is 0 Å². The van der Waals surface area contributed by atoms with Crippen molar-refractivity contribution < 1.29 is 46.9 Å². The summed E-state index contributed by atoms with van der Waals surface area (Å²) in [4.78, 5) is 17.7. The van der Waals surface area contributed by atoms with Gasteiger partial charge in [-0.15, -0.1) is 0 Å². The van der Waals surface area contributed by atoms with Gasteiger partial charge in [0.05, 0.1) is 27.4 Å². The van der Waals surface area contributed by atoms with Crippen LogP contribution < -0.4 is 14.8 Å². The number of aromatic nitrogens is 1. The number of nitrogens with one attached hydrogen (secondary N) is 1. The van der Waals surface area contributed by atoms with E-state index in [0.29, 0.717) is 46.1 Å². The molecule has 0 saturated carbocycles. The minimum Gasteiger partial charge on any atom is -0.726 e. The number of anilines is 2. The van der Waals surface area contributed by atoms with Crippen LogP contribution in [0.1, 0.15) is 0 Å². The number of carboxylic acids is 1. The van der Waals surface area contributed by atoms with Gasteiger partial charge in [0.15, 0.2) is 5.00 Å².